The molecule has 0 aromatic heterocycles. The van der Waals surface area contributed by atoms with Gasteiger partial charge in [-0.1, -0.05) is 18.2 Å². The predicted octanol–water partition coefficient (Wildman–Crippen LogP) is 3.57. The van der Waals surface area contributed by atoms with E-state index >= 15 is 0 Å². The largest absolute Gasteiger partial charge is 0.496 e. The molecule has 3 rings (SSSR count). The monoisotopic (exact) mass is 277 g/mol. The van der Waals surface area contributed by atoms with Crippen LogP contribution in [0.1, 0.15) is 0 Å². The van der Waals surface area contributed by atoms with Gasteiger partial charge in [0.05, 0.1) is 7.11 Å². The topological polar surface area (TPSA) is 9.23 Å². The molecular weight excluding hydrogens is 260 g/mol. The van der Waals surface area contributed by atoms with E-state index in [-0.39, 0.29) is 0 Å². The van der Waals surface area contributed by atoms with E-state index in [9.17, 15) is 0 Å². The van der Waals surface area contributed by atoms with Crippen molar-refractivity contribution in [1.82, 2.24) is 0 Å². The van der Waals surface area contributed by atoms with E-state index in [1.807, 2.05) is 0 Å². The van der Waals surface area contributed by atoms with E-state index in [4.69, 9.17) is 4.74 Å². The third-order valence-corrected chi connectivity index (χ3v) is 7.20. The number of fused-ring (bicyclic) bond motifs is 1. The molecule has 1 fully saturated rings. The summed E-state index contributed by atoms with van der Waals surface area (Å²) in [5, 5.41) is 2.63. The summed E-state index contributed by atoms with van der Waals surface area (Å²) >= 11 is 2.09. The highest BCUT2D eigenvalue weighted by atomic mass is 32.2. The van der Waals surface area contributed by atoms with E-state index in [0.29, 0.717) is 10.9 Å². The molecule has 1 aliphatic heterocycles. The lowest BCUT2D eigenvalue weighted by Gasteiger charge is -2.15. The van der Waals surface area contributed by atoms with E-state index in [2.05, 4.69) is 48.2 Å². The van der Waals surface area contributed by atoms with E-state index in [1.54, 1.807) is 7.11 Å². The van der Waals surface area contributed by atoms with Crippen LogP contribution in [0.15, 0.2) is 41.3 Å². The summed E-state index contributed by atoms with van der Waals surface area (Å²) < 4.78 is 5.47. The molecule has 0 saturated carbocycles. The van der Waals surface area contributed by atoms with Gasteiger partial charge in [-0.2, -0.15) is 11.8 Å². The van der Waals surface area contributed by atoms with Gasteiger partial charge < -0.3 is 4.74 Å². The molecule has 0 unspecified atom stereocenters. The van der Waals surface area contributed by atoms with Crippen LogP contribution in [0.3, 0.4) is 0 Å². The Balaban J connectivity index is 2.12. The van der Waals surface area contributed by atoms with Gasteiger partial charge in [0.1, 0.15) is 17.3 Å². The minimum Gasteiger partial charge on any atom is -0.496 e. The summed E-state index contributed by atoms with van der Waals surface area (Å²) in [6, 6.07) is 13.0. The molecular formula is C15H17OS2+. The third kappa shape index (κ3) is 2.21. The highest BCUT2D eigenvalue weighted by Crippen LogP contribution is 2.33. The van der Waals surface area contributed by atoms with Crippen molar-refractivity contribution in [3.05, 3.63) is 36.4 Å². The fourth-order valence-corrected chi connectivity index (χ4v) is 6.57. The highest BCUT2D eigenvalue weighted by Gasteiger charge is 2.27. The maximum atomic E-state index is 5.47. The molecule has 0 aliphatic carbocycles. The molecule has 94 valence electrons. The normalized spacial score (nSPS) is 16.9. The zero-order valence-electron chi connectivity index (χ0n) is 10.5. The standard InChI is InChI=1S/C15H17OS2/c1-16-14-6-7-15(18-10-8-17-9-11-18)13-5-3-2-4-12(13)14/h2-7H,8-11H2,1H3/q+1. The summed E-state index contributed by atoms with van der Waals surface area (Å²) in [4.78, 5) is 1.53. The lowest BCUT2D eigenvalue weighted by molar-refractivity contribution is 0.419. The third-order valence-electron chi connectivity index (χ3n) is 3.32. The van der Waals surface area contributed by atoms with Crippen LogP contribution in [-0.4, -0.2) is 30.1 Å². The number of hydrogen-bond acceptors (Lipinski definition) is 2. The van der Waals surface area contributed by atoms with Crippen molar-refractivity contribution in [3.63, 3.8) is 0 Å². The van der Waals surface area contributed by atoms with Crippen LogP contribution in [0.4, 0.5) is 0 Å². The van der Waals surface area contributed by atoms with Gasteiger partial charge in [0.2, 0.25) is 0 Å². The highest BCUT2D eigenvalue weighted by molar-refractivity contribution is 8.05. The quantitative estimate of drug-likeness (QED) is 0.776. The predicted molar refractivity (Wildman–Crippen MR) is 83.2 cm³/mol. The molecule has 1 nitrogen and oxygen atoms in total. The van der Waals surface area contributed by atoms with Crippen molar-refractivity contribution < 1.29 is 4.74 Å². The molecule has 0 bridgehead atoms. The average Bonchev–Trinajstić information content (AvgIpc) is 2.47. The van der Waals surface area contributed by atoms with Gasteiger partial charge >= 0.3 is 0 Å². The van der Waals surface area contributed by atoms with Gasteiger partial charge in [0, 0.05) is 33.2 Å². The van der Waals surface area contributed by atoms with Crippen molar-refractivity contribution in [1.29, 1.82) is 0 Å². The fourth-order valence-electron chi connectivity index (χ4n) is 2.42. The van der Waals surface area contributed by atoms with Crippen LogP contribution < -0.4 is 4.74 Å². The van der Waals surface area contributed by atoms with Crippen LogP contribution >= 0.6 is 11.8 Å². The Morgan fingerprint density at radius 3 is 2.44 bits per heavy atom. The molecule has 0 atom stereocenters. The lowest BCUT2D eigenvalue weighted by atomic mass is 10.1. The summed E-state index contributed by atoms with van der Waals surface area (Å²) in [7, 11) is 2.18. The molecule has 3 heteroatoms. The number of methoxy groups -OCH3 is 1. The molecule has 0 radical (unpaired) electrons. The van der Waals surface area contributed by atoms with Gasteiger partial charge in [0.25, 0.3) is 0 Å². The molecule has 1 saturated heterocycles. The van der Waals surface area contributed by atoms with Crippen LogP contribution in [0, 0.1) is 0 Å². The molecule has 2 aromatic rings. The van der Waals surface area contributed by atoms with Crippen molar-refractivity contribution in [2.24, 2.45) is 0 Å². The first-order valence-electron chi connectivity index (χ1n) is 6.21. The first-order chi connectivity index (χ1) is 8.90. The number of hydrogen-bond donors (Lipinski definition) is 0. The Hall–Kier alpha value is -0.800. The molecule has 0 spiro atoms. The smallest absolute Gasteiger partial charge is 0.163 e. The minimum atomic E-state index is 0.431. The number of ether oxygens (including phenoxy) is 1. The second kappa shape index (κ2) is 5.45. The first-order valence-corrected chi connectivity index (χ1v) is 8.93. The Kier molecular flexibility index (Phi) is 3.71. The second-order valence-corrected chi connectivity index (χ2v) is 7.79. The van der Waals surface area contributed by atoms with Crippen molar-refractivity contribution in [2.45, 2.75) is 4.90 Å². The van der Waals surface area contributed by atoms with Crippen molar-refractivity contribution >= 4 is 33.4 Å². The van der Waals surface area contributed by atoms with Gasteiger partial charge in [-0.25, -0.2) is 0 Å². The molecule has 1 heterocycles. The van der Waals surface area contributed by atoms with Crippen molar-refractivity contribution in [3.8, 4) is 5.75 Å². The summed E-state index contributed by atoms with van der Waals surface area (Å²) in [6.07, 6.45) is 0. The minimum absolute atomic E-state index is 0.431. The fraction of sp³-hybridized carbons (Fsp3) is 0.333. The maximum absolute atomic E-state index is 5.47. The van der Waals surface area contributed by atoms with Crippen LogP contribution in [0.2, 0.25) is 0 Å². The van der Waals surface area contributed by atoms with Gasteiger partial charge in [-0.05, 0) is 18.2 Å². The first kappa shape index (κ1) is 12.2. The SMILES string of the molecule is COc1ccc([S+]2CCSCC2)c2ccccc12. The zero-order chi connectivity index (χ0) is 12.4. The van der Waals surface area contributed by atoms with E-state index < -0.39 is 0 Å². The maximum Gasteiger partial charge on any atom is 0.163 e. The summed E-state index contributed by atoms with van der Waals surface area (Å²) in [6.45, 7) is 0. The molecule has 2 aromatic carbocycles. The van der Waals surface area contributed by atoms with Crippen molar-refractivity contribution in [2.75, 3.05) is 30.1 Å². The number of rotatable bonds is 2. The van der Waals surface area contributed by atoms with Crippen LogP contribution in [0.5, 0.6) is 5.75 Å². The number of thioether (sulfide) groups is 1. The molecule has 1 aliphatic rings. The Labute approximate surface area is 115 Å². The summed E-state index contributed by atoms with van der Waals surface area (Å²) in [5.41, 5.74) is 0. The van der Waals surface area contributed by atoms with Gasteiger partial charge in [-0.3, -0.25) is 0 Å². The average molecular weight is 277 g/mol. The Morgan fingerprint density at radius 1 is 1.00 bits per heavy atom. The molecule has 0 N–H and O–H groups in total. The van der Waals surface area contributed by atoms with E-state index in [1.165, 1.54) is 38.7 Å². The molecule has 0 amide bonds. The molecule has 18 heavy (non-hydrogen) atoms. The zero-order valence-corrected chi connectivity index (χ0v) is 12.2. The van der Waals surface area contributed by atoms with Crippen LogP contribution in [0.25, 0.3) is 10.8 Å². The van der Waals surface area contributed by atoms with Gasteiger partial charge in [0.15, 0.2) is 4.90 Å². The Morgan fingerprint density at radius 2 is 1.72 bits per heavy atom. The van der Waals surface area contributed by atoms with Gasteiger partial charge in [-0.15, -0.1) is 0 Å². The summed E-state index contributed by atoms with van der Waals surface area (Å²) in [5.74, 6) is 6.28. The second-order valence-electron chi connectivity index (χ2n) is 4.32. The Bertz CT molecular complexity index is 547. The van der Waals surface area contributed by atoms with E-state index in [0.717, 1.165) is 5.75 Å². The van der Waals surface area contributed by atoms with Crippen LogP contribution in [-0.2, 0) is 10.9 Å². The lowest BCUT2D eigenvalue weighted by Crippen LogP contribution is -2.21. The number of benzene rings is 2.